The average Bonchev–Trinajstić information content (AvgIpc) is 3.28. The molecular weight excluding hydrogens is 807 g/mol. The SMILES string of the molecule is CCCCC(CC)COc1cc(N)c(OCC(CC)CCCC)cc1N.CCCCCCCCN(CCCCCCCC)c1ccc(N)c(C)c1.Nc1ccc([N+](=O)[O-])cc1[N+](=O)[O-]. The lowest BCUT2D eigenvalue weighted by Crippen LogP contribution is -2.25. The second kappa shape index (κ2) is 34.5. The van der Waals surface area contributed by atoms with Gasteiger partial charge in [-0.25, -0.2) is 0 Å². The van der Waals surface area contributed by atoms with Gasteiger partial charge in [0.05, 0.1) is 40.5 Å². The number of nitro benzene ring substituents is 2. The number of unbranched alkanes of at least 4 members (excludes halogenated alkanes) is 12. The number of non-ortho nitro benzene ring substituents is 1. The van der Waals surface area contributed by atoms with Crippen LogP contribution in [0.5, 0.6) is 11.5 Å². The van der Waals surface area contributed by atoms with Gasteiger partial charge in [-0.05, 0) is 74.3 Å². The molecule has 13 heteroatoms. The van der Waals surface area contributed by atoms with E-state index in [9.17, 15) is 20.2 Å². The van der Waals surface area contributed by atoms with Crippen LogP contribution >= 0.6 is 0 Å². The third-order valence-corrected chi connectivity index (χ3v) is 11.8. The van der Waals surface area contributed by atoms with Gasteiger partial charge < -0.3 is 37.3 Å². The molecule has 0 aromatic heterocycles. The Morgan fingerprint density at radius 1 is 0.531 bits per heavy atom. The minimum absolute atomic E-state index is 0.0874. The fourth-order valence-electron chi connectivity index (χ4n) is 7.25. The predicted octanol–water partition coefficient (Wildman–Crippen LogP) is 14.2. The Morgan fingerprint density at radius 3 is 1.38 bits per heavy atom. The van der Waals surface area contributed by atoms with E-state index < -0.39 is 15.5 Å². The molecule has 3 aromatic rings. The predicted molar refractivity (Wildman–Crippen MR) is 272 cm³/mol. The van der Waals surface area contributed by atoms with Gasteiger partial charge in [-0.15, -0.1) is 0 Å². The molecule has 0 radical (unpaired) electrons. The van der Waals surface area contributed by atoms with E-state index in [0.717, 1.165) is 36.7 Å². The summed E-state index contributed by atoms with van der Waals surface area (Å²) in [5, 5.41) is 20.5. The minimum Gasteiger partial charge on any atom is -0.491 e. The molecule has 13 nitrogen and oxygen atoms in total. The number of rotatable bonds is 31. The molecular formula is C51H87N7O6. The van der Waals surface area contributed by atoms with E-state index in [0.29, 0.717) is 47.9 Å². The maximum atomic E-state index is 10.3. The number of aryl methyl sites for hydroxylation is 1. The minimum atomic E-state index is -0.762. The molecule has 362 valence electrons. The van der Waals surface area contributed by atoms with Crippen LogP contribution in [-0.2, 0) is 0 Å². The number of benzene rings is 3. The third kappa shape index (κ3) is 23.7. The zero-order valence-corrected chi connectivity index (χ0v) is 40.8. The molecule has 0 fully saturated rings. The van der Waals surface area contributed by atoms with Crippen molar-refractivity contribution in [3.8, 4) is 11.5 Å². The molecule has 8 N–H and O–H groups in total. The van der Waals surface area contributed by atoms with Crippen molar-refractivity contribution < 1.29 is 19.3 Å². The molecule has 0 aliphatic rings. The van der Waals surface area contributed by atoms with E-state index in [-0.39, 0.29) is 11.4 Å². The molecule has 0 amide bonds. The van der Waals surface area contributed by atoms with Crippen LogP contribution in [0.4, 0.5) is 39.8 Å². The van der Waals surface area contributed by atoms with Crippen LogP contribution in [0.3, 0.4) is 0 Å². The van der Waals surface area contributed by atoms with Crippen LogP contribution < -0.4 is 37.3 Å². The van der Waals surface area contributed by atoms with Gasteiger partial charge in [0, 0.05) is 42.7 Å². The van der Waals surface area contributed by atoms with Crippen molar-refractivity contribution >= 4 is 39.8 Å². The number of hydrogen-bond acceptors (Lipinski definition) is 11. The second-order valence-corrected chi connectivity index (χ2v) is 17.2. The zero-order valence-electron chi connectivity index (χ0n) is 40.8. The first-order valence-corrected chi connectivity index (χ1v) is 24.5. The summed E-state index contributed by atoms with van der Waals surface area (Å²) in [5.41, 5.74) is 27.4. The fraction of sp³-hybridized carbons (Fsp3) is 0.647. The summed E-state index contributed by atoms with van der Waals surface area (Å²) in [6, 6.07) is 13.2. The largest absolute Gasteiger partial charge is 0.491 e. The van der Waals surface area contributed by atoms with Gasteiger partial charge >= 0.3 is 0 Å². The average molecular weight is 894 g/mol. The van der Waals surface area contributed by atoms with Crippen molar-refractivity contribution in [3.05, 3.63) is 74.3 Å². The van der Waals surface area contributed by atoms with Crippen molar-refractivity contribution in [1.29, 1.82) is 0 Å². The lowest BCUT2D eigenvalue weighted by Gasteiger charge is -2.26. The number of nitro groups is 2. The standard InChI is InChI=1S/C23H42N2.C22H40N2O2.C6H5N3O4/c1-4-6-8-10-12-14-18-25(19-15-13-11-9-7-5-2)22-16-17-23(24)21(3)20-22;1-5-9-11-17(7-3)15-25-21-13-20(24)22(14-19(21)23)26-16-18(8-4)12-10-6-2;7-5-2-1-4(8(10)11)3-6(5)9(12)13/h16-17,20H,4-15,18-19,24H2,1-3H3;13-14,17-18H,5-12,15-16,23-24H2,1-4H3;1-3H,7H2. The molecule has 2 unspecified atom stereocenters. The summed E-state index contributed by atoms with van der Waals surface area (Å²) >= 11 is 0. The monoisotopic (exact) mass is 894 g/mol. The van der Waals surface area contributed by atoms with Crippen molar-refractivity contribution in [2.75, 3.05) is 54.1 Å². The number of nitrogen functional groups attached to an aromatic ring is 4. The topological polar surface area (TPSA) is 212 Å². The van der Waals surface area contributed by atoms with E-state index >= 15 is 0 Å². The highest BCUT2D eigenvalue weighted by Gasteiger charge is 2.17. The van der Waals surface area contributed by atoms with E-state index in [1.807, 2.05) is 12.1 Å². The second-order valence-electron chi connectivity index (χ2n) is 17.2. The summed E-state index contributed by atoms with van der Waals surface area (Å²) < 4.78 is 11.9. The molecule has 0 aliphatic heterocycles. The fourth-order valence-corrected chi connectivity index (χ4v) is 7.25. The third-order valence-electron chi connectivity index (χ3n) is 11.8. The van der Waals surface area contributed by atoms with Gasteiger partial charge in [0.1, 0.15) is 17.2 Å². The van der Waals surface area contributed by atoms with Gasteiger partial charge in [0.2, 0.25) is 0 Å². The van der Waals surface area contributed by atoms with Crippen LogP contribution in [-0.4, -0.2) is 36.1 Å². The summed E-state index contributed by atoms with van der Waals surface area (Å²) in [5.74, 6) is 2.47. The summed E-state index contributed by atoms with van der Waals surface area (Å²) in [6.07, 6.45) is 25.9. The highest BCUT2D eigenvalue weighted by atomic mass is 16.6. The Kier molecular flexibility index (Phi) is 30.7. The number of nitrogens with two attached hydrogens (primary N) is 4. The van der Waals surface area contributed by atoms with E-state index in [4.69, 9.17) is 32.4 Å². The summed E-state index contributed by atoms with van der Waals surface area (Å²) in [7, 11) is 0. The Bertz CT molecular complexity index is 1660. The summed E-state index contributed by atoms with van der Waals surface area (Å²) in [4.78, 5) is 21.6. The molecule has 0 heterocycles. The van der Waals surface area contributed by atoms with Gasteiger partial charge in [-0.1, -0.05) is 144 Å². The molecule has 3 aromatic carbocycles. The van der Waals surface area contributed by atoms with E-state index in [1.165, 1.54) is 140 Å². The molecule has 0 aliphatic carbocycles. The van der Waals surface area contributed by atoms with Crippen molar-refractivity contribution in [1.82, 2.24) is 0 Å². The lowest BCUT2D eigenvalue weighted by atomic mass is 10.0. The number of anilines is 5. The number of ether oxygens (including phenoxy) is 2. The van der Waals surface area contributed by atoms with Crippen LogP contribution in [0.2, 0.25) is 0 Å². The maximum absolute atomic E-state index is 10.3. The first kappa shape index (κ1) is 57.1. The molecule has 0 bridgehead atoms. The molecule has 64 heavy (non-hydrogen) atoms. The van der Waals surface area contributed by atoms with Crippen molar-refractivity contribution in [2.24, 2.45) is 11.8 Å². The first-order valence-electron chi connectivity index (χ1n) is 24.5. The zero-order chi connectivity index (χ0) is 47.7. The van der Waals surface area contributed by atoms with Crippen LogP contribution in [0.15, 0.2) is 48.5 Å². The van der Waals surface area contributed by atoms with Crippen molar-refractivity contribution in [3.63, 3.8) is 0 Å². The molecule has 0 spiro atoms. The maximum Gasteiger partial charge on any atom is 0.298 e. The first-order chi connectivity index (χ1) is 30.8. The Morgan fingerprint density at radius 2 is 0.969 bits per heavy atom. The van der Waals surface area contributed by atoms with Gasteiger partial charge in [-0.3, -0.25) is 20.2 Å². The summed E-state index contributed by atoms with van der Waals surface area (Å²) in [6.45, 7) is 19.3. The highest BCUT2D eigenvalue weighted by Crippen LogP contribution is 2.34. The normalized spacial score (nSPS) is 11.7. The molecule has 3 rings (SSSR count). The van der Waals surface area contributed by atoms with Gasteiger partial charge in [0.15, 0.2) is 0 Å². The molecule has 0 saturated heterocycles. The van der Waals surface area contributed by atoms with Gasteiger partial charge in [0.25, 0.3) is 11.4 Å². The Hall–Kier alpha value is -4.94. The quantitative estimate of drug-likeness (QED) is 0.0206. The Balaban J connectivity index is 0.000000506. The van der Waals surface area contributed by atoms with Crippen LogP contribution in [0.1, 0.15) is 176 Å². The van der Waals surface area contributed by atoms with Crippen LogP contribution in [0, 0.1) is 39.0 Å². The van der Waals surface area contributed by atoms with Crippen molar-refractivity contribution in [2.45, 2.75) is 177 Å². The number of nitrogens with zero attached hydrogens (tertiary/aromatic N) is 3. The Labute approximate surface area is 386 Å². The number of hydrogen-bond donors (Lipinski definition) is 4. The lowest BCUT2D eigenvalue weighted by molar-refractivity contribution is -0.393. The molecule has 2 atom stereocenters. The smallest absolute Gasteiger partial charge is 0.298 e. The van der Waals surface area contributed by atoms with E-state index in [1.54, 1.807) is 0 Å². The van der Waals surface area contributed by atoms with Gasteiger partial charge in [-0.2, -0.15) is 0 Å². The highest BCUT2D eigenvalue weighted by molar-refractivity contribution is 5.67. The molecule has 0 saturated carbocycles. The van der Waals surface area contributed by atoms with E-state index in [2.05, 4.69) is 71.6 Å². The van der Waals surface area contributed by atoms with Crippen LogP contribution in [0.25, 0.3) is 0 Å².